The molecule has 1 saturated heterocycles. The third-order valence-corrected chi connectivity index (χ3v) is 6.56. The molecule has 0 aliphatic carbocycles. The first kappa shape index (κ1) is 23.3. The fraction of sp³-hybridized carbons (Fsp3) is 0.462. The number of carbonyl (C=O) groups is 2. The van der Waals surface area contributed by atoms with Crippen molar-refractivity contribution in [3.8, 4) is 0 Å². The van der Waals surface area contributed by atoms with E-state index in [4.69, 9.17) is 11.6 Å². The molecular formula is C26H33ClN2O2. The summed E-state index contributed by atoms with van der Waals surface area (Å²) in [5, 5.41) is 3.72. The number of hydrogen-bond acceptors (Lipinski definition) is 2. The minimum Gasteiger partial charge on any atom is -0.340 e. The Kier molecular flexibility index (Phi) is 7.10. The summed E-state index contributed by atoms with van der Waals surface area (Å²) in [7, 11) is 0. The molecule has 31 heavy (non-hydrogen) atoms. The first-order chi connectivity index (χ1) is 14.6. The van der Waals surface area contributed by atoms with E-state index in [-0.39, 0.29) is 23.1 Å². The molecule has 0 aromatic heterocycles. The second-order valence-corrected chi connectivity index (χ2v) is 10.1. The number of amides is 2. The zero-order chi connectivity index (χ0) is 22.8. The fourth-order valence-corrected chi connectivity index (χ4v) is 4.71. The van der Waals surface area contributed by atoms with Gasteiger partial charge in [0.1, 0.15) is 6.04 Å². The van der Waals surface area contributed by atoms with Crippen LogP contribution in [0.3, 0.4) is 0 Å². The van der Waals surface area contributed by atoms with Crippen LogP contribution in [0.15, 0.2) is 48.5 Å². The van der Waals surface area contributed by atoms with E-state index in [1.165, 1.54) is 5.56 Å². The maximum absolute atomic E-state index is 13.4. The van der Waals surface area contributed by atoms with Crippen LogP contribution in [0.4, 0.5) is 0 Å². The van der Waals surface area contributed by atoms with E-state index >= 15 is 0 Å². The van der Waals surface area contributed by atoms with Gasteiger partial charge in [0.25, 0.3) is 5.91 Å². The number of nitrogens with zero attached hydrogens (tertiary/aromatic N) is 1. The molecule has 1 aliphatic rings. The molecule has 1 unspecified atom stereocenters. The number of benzene rings is 2. The van der Waals surface area contributed by atoms with Gasteiger partial charge >= 0.3 is 0 Å². The average Bonchev–Trinajstić information content (AvgIpc) is 2.71. The van der Waals surface area contributed by atoms with Crippen LogP contribution in [0, 0.1) is 18.3 Å². The molecule has 2 amide bonds. The third-order valence-electron chi connectivity index (χ3n) is 6.31. The summed E-state index contributed by atoms with van der Waals surface area (Å²) in [4.78, 5) is 28.2. The van der Waals surface area contributed by atoms with Crippen molar-refractivity contribution in [2.75, 3.05) is 13.1 Å². The summed E-state index contributed by atoms with van der Waals surface area (Å²) in [5.41, 5.74) is 2.78. The largest absolute Gasteiger partial charge is 0.340 e. The van der Waals surface area contributed by atoms with Crippen molar-refractivity contribution in [3.63, 3.8) is 0 Å². The molecule has 1 heterocycles. The molecule has 2 aromatic carbocycles. The van der Waals surface area contributed by atoms with Crippen molar-refractivity contribution in [2.45, 2.75) is 53.0 Å². The molecule has 0 bridgehead atoms. The average molecular weight is 441 g/mol. The second kappa shape index (κ2) is 9.44. The molecule has 0 spiro atoms. The highest BCUT2D eigenvalue weighted by atomic mass is 35.5. The van der Waals surface area contributed by atoms with Crippen molar-refractivity contribution in [3.05, 3.63) is 70.2 Å². The molecule has 0 saturated carbocycles. The van der Waals surface area contributed by atoms with E-state index in [2.05, 4.69) is 31.3 Å². The van der Waals surface area contributed by atoms with Crippen LogP contribution in [-0.4, -0.2) is 35.8 Å². The Hall–Kier alpha value is -2.33. The maximum Gasteiger partial charge on any atom is 0.251 e. The predicted octanol–water partition coefficient (Wildman–Crippen LogP) is 5.45. The Bertz CT molecular complexity index is 937. The van der Waals surface area contributed by atoms with Crippen molar-refractivity contribution in [2.24, 2.45) is 11.3 Å². The topological polar surface area (TPSA) is 49.4 Å². The summed E-state index contributed by atoms with van der Waals surface area (Å²) < 4.78 is 0. The van der Waals surface area contributed by atoms with Crippen molar-refractivity contribution in [1.29, 1.82) is 0 Å². The normalized spacial score (nSPS) is 19.2. The quantitative estimate of drug-likeness (QED) is 0.672. The van der Waals surface area contributed by atoms with E-state index in [1.54, 1.807) is 6.07 Å². The van der Waals surface area contributed by atoms with Crippen LogP contribution in [0.5, 0.6) is 0 Å². The van der Waals surface area contributed by atoms with Gasteiger partial charge in [-0.1, -0.05) is 69.1 Å². The number of hydrogen-bond donors (Lipinski definition) is 1. The zero-order valence-electron chi connectivity index (χ0n) is 19.1. The van der Waals surface area contributed by atoms with Gasteiger partial charge in [-0.2, -0.15) is 0 Å². The van der Waals surface area contributed by atoms with Crippen LogP contribution in [-0.2, 0) is 4.79 Å². The van der Waals surface area contributed by atoms with E-state index < -0.39 is 6.04 Å². The summed E-state index contributed by atoms with van der Waals surface area (Å²) >= 11 is 6.06. The molecule has 1 N–H and O–H groups in total. The second-order valence-electron chi connectivity index (χ2n) is 9.71. The predicted molar refractivity (Wildman–Crippen MR) is 126 cm³/mol. The van der Waals surface area contributed by atoms with E-state index in [0.717, 1.165) is 17.0 Å². The van der Waals surface area contributed by atoms with Gasteiger partial charge in [-0.25, -0.2) is 0 Å². The fourth-order valence-electron chi connectivity index (χ4n) is 4.58. The van der Waals surface area contributed by atoms with Gasteiger partial charge in [0.15, 0.2) is 0 Å². The first-order valence-corrected chi connectivity index (χ1v) is 11.4. The Labute approximate surface area is 191 Å². The molecule has 2 atom stereocenters. The summed E-state index contributed by atoms with van der Waals surface area (Å²) in [6, 6.07) is 14.9. The van der Waals surface area contributed by atoms with Gasteiger partial charge in [-0.3, -0.25) is 9.59 Å². The van der Waals surface area contributed by atoms with Gasteiger partial charge in [0, 0.05) is 23.7 Å². The van der Waals surface area contributed by atoms with Crippen LogP contribution < -0.4 is 5.32 Å². The zero-order valence-corrected chi connectivity index (χ0v) is 19.9. The van der Waals surface area contributed by atoms with Gasteiger partial charge < -0.3 is 10.2 Å². The maximum atomic E-state index is 13.4. The summed E-state index contributed by atoms with van der Waals surface area (Å²) in [6.07, 6.45) is 0.886. The lowest BCUT2D eigenvalue weighted by molar-refractivity contribution is -0.137. The Morgan fingerprint density at radius 3 is 2.39 bits per heavy atom. The lowest BCUT2D eigenvalue weighted by Gasteiger charge is -2.45. The van der Waals surface area contributed by atoms with Gasteiger partial charge in [0.05, 0.1) is 0 Å². The van der Waals surface area contributed by atoms with Crippen LogP contribution in [0.2, 0.25) is 5.02 Å². The number of aryl methyl sites for hydroxylation is 1. The highest BCUT2D eigenvalue weighted by Gasteiger charge is 2.40. The standard InChI is InChI=1S/C26H33ClN2O2/c1-17(2)23(28-24(30)20-8-6-7-18(3)15-20)25(31)29-14-13-22(26(4,5)16-29)19-9-11-21(27)12-10-19/h6-12,15,17,22-23H,13-14,16H2,1-5H3,(H,28,30)/t22?,23-/m1/s1. The SMILES string of the molecule is Cc1cccc(C(=O)N[C@@H](C(=O)N2CCC(c3ccc(Cl)cc3)C(C)(C)C2)C(C)C)c1. The minimum atomic E-state index is -0.545. The molecule has 1 fully saturated rings. The number of nitrogens with one attached hydrogen (secondary N) is 1. The number of rotatable bonds is 5. The monoisotopic (exact) mass is 440 g/mol. The van der Waals surface area contributed by atoms with Crippen molar-refractivity contribution >= 4 is 23.4 Å². The highest BCUT2D eigenvalue weighted by Crippen LogP contribution is 2.42. The Morgan fingerprint density at radius 2 is 1.81 bits per heavy atom. The summed E-state index contributed by atoms with van der Waals surface area (Å²) in [5.74, 6) is 0.149. The van der Waals surface area contributed by atoms with Crippen LogP contribution in [0.1, 0.15) is 61.5 Å². The summed E-state index contributed by atoms with van der Waals surface area (Å²) in [6.45, 7) is 11.7. The minimum absolute atomic E-state index is 0.00126. The molecule has 5 heteroatoms. The van der Waals surface area contributed by atoms with E-state index in [9.17, 15) is 9.59 Å². The smallest absolute Gasteiger partial charge is 0.251 e. The molecule has 3 rings (SSSR count). The lowest BCUT2D eigenvalue weighted by Crippen LogP contribution is -2.55. The molecule has 0 radical (unpaired) electrons. The Morgan fingerprint density at radius 1 is 1.13 bits per heavy atom. The molecule has 2 aromatic rings. The molecular weight excluding hydrogens is 408 g/mol. The molecule has 166 valence electrons. The molecule has 1 aliphatic heterocycles. The number of halogens is 1. The van der Waals surface area contributed by atoms with Crippen LogP contribution in [0.25, 0.3) is 0 Å². The lowest BCUT2D eigenvalue weighted by atomic mass is 9.70. The highest BCUT2D eigenvalue weighted by molar-refractivity contribution is 6.30. The van der Waals surface area contributed by atoms with E-state index in [0.29, 0.717) is 24.6 Å². The van der Waals surface area contributed by atoms with E-state index in [1.807, 2.05) is 56.0 Å². The number of carbonyl (C=O) groups excluding carboxylic acids is 2. The van der Waals surface area contributed by atoms with Crippen molar-refractivity contribution < 1.29 is 9.59 Å². The number of piperidine rings is 1. The van der Waals surface area contributed by atoms with Gasteiger partial charge in [-0.05, 0) is 60.4 Å². The van der Waals surface area contributed by atoms with Crippen molar-refractivity contribution in [1.82, 2.24) is 10.2 Å². The van der Waals surface area contributed by atoms with Crippen LogP contribution >= 0.6 is 11.6 Å². The number of likely N-dealkylation sites (tertiary alicyclic amines) is 1. The third kappa shape index (κ3) is 5.48. The first-order valence-electron chi connectivity index (χ1n) is 11.0. The van der Waals surface area contributed by atoms with Gasteiger partial charge in [-0.15, -0.1) is 0 Å². The molecule has 4 nitrogen and oxygen atoms in total. The Balaban J connectivity index is 1.72. The van der Waals surface area contributed by atoms with Gasteiger partial charge in [0.2, 0.25) is 5.91 Å².